The van der Waals surface area contributed by atoms with Crippen molar-refractivity contribution < 1.29 is 9.90 Å². The SMILES string of the molecule is CCCn1c(O)c(/N=N/c2ccc(C(=O)N(C)C)cc2)c(C)c(C#N)c1=O. The number of nitriles is 1. The molecule has 1 N–H and O–H groups in total. The third-order valence-corrected chi connectivity index (χ3v) is 4.00. The monoisotopic (exact) mass is 367 g/mol. The van der Waals surface area contributed by atoms with Crippen LogP contribution in [0.3, 0.4) is 0 Å². The van der Waals surface area contributed by atoms with Gasteiger partial charge in [0.05, 0.1) is 5.69 Å². The van der Waals surface area contributed by atoms with Crippen LogP contribution in [0.2, 0.25) is 0 Å². The highest BCUT2D eigenvalue weighted by Gasteiger charge is 2.18. The van der Waals surface area contributed by atoms with Gasteiger partial charge in [-0.15, -0.1) is 5.11 Å². The Hall–Kier alpha value is -3.47. The topological polar surface area (TPSA) is 111 Å². The first-order chi connectivity index (χ1) is 12.8. The van der Waals surface area contributed by atoms with Gasteiger partial charge in [0, 0.05) is 31.8 Å². The summed E-state index contributed by atoms with van der Waals surface area (Å²) in [4.78, 5) is 25.7. The van der Waals surface area contributed by atoms with Gasteiger partial charge >= 0.3 is 0 Å². The van der Waals surface area contributed by atoms with Gasteiger partial charge in [0.2, 0.25) is 5.88 Å². The molecule has 0 unspecified atom stereocenters. The number of azo groups is 1. The van der Waals surface area contributed by atoms with Crippen LogP contribution in [-0.4, -0.2) is 34.6 Å². The summed E-state index contributed by atoms with van der Waals surface area (Å²) in [5, 5.41) is 27.8. The zero-order valence-corrected chi connectivity index (χ0v) is 15.7. The highest BCUT2D eigenvalue weighted by Crippen LogP contribution is 2.32. The number of carbonyl (C=O) groups is 1. The fraction of sp³-hybridized carbons (Fsp3) is 0.316. The van der Waals surface area contributed by atoms with E-state index >= 15 is 0 Å². The van der Waals surface area contributed by atoms with E-state index in [-0.39, 0.29) is 35.1 Å². The fourth-order valence-electron chi connectivity index (χ4n) is 2.52. The van der Waals surface area contributed by atoms with Crippen molar-refractivity contribution in [2.24, 2.45) is 10.2 Å². The van der Waals surface area contributed by atoms with Crippen molar-refractivity contribution in [1.82, 2.24) is 9.47 Å². The van der Waals surface area contributed by atoms with Crippen molar-refractivity contribution in [3.05, 3.63) is 51.3 Å². The molecule has 0 bridgehead atoms. The predicted molar refractivity (Wildman–Crippen MR) is 101 cm³/mol. The minimum atomic E-state index is -0.542. The van der Waals surface area contributed by atoms with Gasteiger partial charge in [0.25, 0.3) is 11.5 Å². The number of aromatic hydroxyl groups is 1. The number of pyridine rings is 1. The first-order valence-electron chi connectivity index (χ1n) is 8.41. The van der Waals surface area contributed by atoms with Gasteiger partial charge in [0.15, 0.2) is 5.69 Å². The summed E-state index contributed by atoms with van der Waals surface area (Å²) >= 11 is 0. The van der Waals surface area contributed by atoms with Gasteiger partial charge in [0.1, 0.15) is 11.6 Å². The van der Waals surface area contributed by atoms with Gasteiger partial charge in [-0.1, -0.05) is 6.92 Å². The van der Waals surface area contributed by atoms with E-state index in [2.05, 4.69) is 10.2 Å². The second kappa shape index (κ2) is 8.27. The molecule has 0 aliphatic rings. The minimum Gasteiger partial charge on any atom is -0.493 e. The van der Waals surface area contributed by atoms with Gasteiger partial charge in [-0.05, 0) is 37.6 Å². The lowest BCUT2D eigenvalue weighted by Gasteiger charge is -2.12. The molecule has 0 saturated heterocycles. The van der Waals surface area contributed by atoms with E-state index in [1.54, 1.807) is 45.3 Å². The number of aromatic nitrogens is 1. The maximum atomic E-state index is 12.3. The van der Waals surface area contributed by atoms with Crippen LogP contribution in [0.15, 0.2) is 39.3 Å². The van der Waals surface area contributed by atoms with Crippen LogP contribution in [-0.2, 0) is 6.54 Å². The molecule has 27 heavy (non-hydrogen) atoms. The van der Waals surface area contributed by atoms with Crippen molar-refractivity contribution in [3.63, 3.8) is 0 Å². The standard InChI is InChI=1S/C19H21N5O3/c1-5-10-24-18(26)15(11-20)12(2)16(19(24)27)22-21-14-8-6-13(7-9-14)17(25)23(3)4/h6-9,27H,5,10H2,1-4H3/b22-21+. The van der Waals surface area contributed by atoms with Gasteiger partial charge in [-0.3, -0.25) is 14.2 Å². The molecule has 0 spiro atoms. The third kappa shape index (κ3) is 4.03. The number of carbonyl (C=O) groups excluding carboxylic acids is 1. The summed E-state index contributed by atoms with van der Waals surface area (Å²) in [7, 11) is 3.33. The summed E-state index contributed by atoms with van der Waals surface area (Å²) in [6, 6.07) is 8.37. The number of hydrogen-bond donors (Lipinski definition) is 1. The summed E-state index contributed by atoms with van der Waals surface area (Å²) in [5.74, 6) is -0.446. The molecule has 1 amide bonds. The molecule has 0 fully saturated rings. The summed E-state index contributed by atoms with van der Waals surface area (Å²) in [6.45, 7) is 3.67. The summed E-state index contributed by atoms with van der Waals surface area (Å²) in [6.07, 6.45) is 0.610. The lowest BCUT2D eigenvalue weighted by Crippen LogP contribution is -2.23. The van der Waals surface area contributed by atoms with Crippen molar-refractivity contribution in [2.45, 2.75) is 26.8 Å². The van der Waals surface area contributed by atoms with E-state index in [1.807, 2.05) is 13.0 Å². The average Bonchev–Trinajstić information content (AvgIpc) is 2.65. The molecule has 1 aromatic heterocycles. The molecule has 1 aromatic carbocycles. The number of benzene rings is 1. The lowest BCUT2D eigenvalue weighted by atomic mass is 10.1. The largest absolute Gasteiger partial charge is 0.493 e. The number of nitrogens with zero attached hydrogens (tertiary/aromatic N) is 5. The molecule has 0 aliphatic carbocycles. The molecular formula is C19H21N5O3. The van der Waals surface area contributed by atoms with Crippen LogP contribution in [0.25, 0.3) is 0 Å². The van der Waals surface area contributed by atoms with E-state index in [0.29, 0.717) is 17.7 Å². The van der Waals surface area contributed by atoms with Gasteiger partial charge < -0.3 is 10.0 Å². The maximum absolute atomic E-state index is 12.3. The zero-order valence-electron chi connectivity index (χ0n) is 15.7. The molecule has 0 radical (unpaired) electrons. The van der Waals surface area contributed by atoms with E-state index < -0.39 is 5.56 Å². The first-order valence-corrected chi connectivity index (χ1v) is 8.41. The molecule has 0 atom stereocenters. The van der Waals surface area contributed by atoms with Crippen LogP contribution in [0.5, 0.6) is 5.88 Å². The Balaban J connectivity index is 2.45. The third-order valence-electron chi connectivity index (χ3n) is 4.00. The smallest absolute Gasteiger partial charge is 0.271 e. The Bertz CT molecular complexity index is 982. The van der Waals surface area contributed by atoms with Gasteiger partial charge in [-0.25, -0.2) is 0 Å². The number of hydrogen-bond acceptors (Lipinski definition) is 6. The Labute approximate surface area is 157 Å². The molecule has 2 aromatic rings. The predicted octanol–water partition coefficient (Wildman–Crippen LogP) is 3.26. The molecule has 0 aliphatic heterocycles. The summed E-state index contributed by atoms with van der Waals surface area (Å²) in [5.41, 5.74) is 0.725. The summed E-state index contributed by atoms with van der Waals surface area (Å²) < 4.78 is 1.12. The fourth-order valence-corrected chi connectivity index (χ4v) is 2.52. The maximum Gasteiger partial charge on any atom is 0.271 e. The van der Waals surface area contributed by atoms with E-state index in [9.17, 15) is 20.0 Å². The molecule has 0 saturated carbocycles. The Kier molecular flexibility index (Phi) is 6.08. The zero-order chi connectivity index (χ0) is 20.1. The van der Waals surface area contributed by atoms with Crippen LogP contribution in [0.1, 0.15) is 34.8 Å². The molecular weight excluding hydrogens is 346 g/mol. The van der Waals surface area contributed by atoms with Crippen molar-refractivity contribution >= 4 is 17.3 Å². The minimum absolute atomic E-state index is 0.0675. The highest BCUT2D eigenvalue weighted by molar-refractivity contribution is 5.94. The molecule has 1 heterocycles. The molecule has 8 heteroatoms. The van der Waals surface area contributed by atoms with Crippen LogP contribution in [0, 0.1) is 18.3 Å². The number of rotatable bonds is 5. The Morgan fingerprint density at radius 3 is 2.41 bits per heavy atom. The molecule has 2 rings (SSSR count). The van der Waals surface area contributed by atoms with E-state index in [4.69, 9.17) is 0 Å². The van der Waals surface area contributed by atoms with Gasteiger partial charge in [-0.2, -0.15) is 10.4 Å². The van der Waals surface area contributed by atoms with Crippen LogP contribution >= 0.6 is 0 Å². The lowest BCUT2D eigenvalue weighted by molar-refractivity contribution is 0.0827. The first kappa shape index (κ1) is 19.8. The van der Waals surface area contributed by atoms with E-state index in [1.165, 1.54) is 4.90 Å². The number of amides is 1. The highest BCUT2D eigenvalue weighted by atomic mass is 16.3. The van der Waals surface area contributed by atoms with Crippen LogP contribution < -0.4 is 5.56 Å². The Morgan fingerprint density at radius 2 is 1.89 bits per heavy atom. The molecule has 8 nitrogen and oxygen atoms in total. The van der Waals surface area contributed by atoms with Crippen molar-refractivity contribution in [3.8, 4) is 11.9 Å². The van der Waals surface area contributed by atoms with Crippen molar-refractivity contribution in [2.75, 3.05) is 14.1 Å². The second-order valence-corrected chi connectivity index (χ2v) is 6.19. The average molecular weight is 367 g/mol. The normalized spacial score (nSPS) is 10.8. The molecule has 140 valence electrons. The van der Waals surface area contributed by atoms with Crippen molar-refractivity contribution in [1.29, 1.82) is 5.26 Å². The quantitative estimate of drug-likeness (QED) is 0.817. The van der Waals surface area contributed by atoms with E-state index in [0.717, 1.165) is 4.57 Å². The van der Waals surface area contributed by atoms with Crippen LogP contribution in [0.4, 0.5) is 11.4 Å². The Morgan fingerprint density at radius 1 is 1.26 bits per heavy atom. The second-order valence-electron chi connectivity index (χ2n) is 6.19.